The summed E-state index contributed by atoms with van der Waals surface area (Å²) in [7, 11) is 0. The topological polar surface area (TPSA) is 60.1 Å². The molecule has 0 saturated heterocycles. The van der Waals surface area contributed by atoms with Gasteiger partial charge < -0.3 is 0 Å². The molecule has 0 bridgehead atoms. The zero-order chi connectivity index (χ0) is 9.94. The molecule has 0 atom stereocenters. The summed E-state index contributed by atoms with van der Waals surface area (Å²) in [6, 6.07) is 0. The molecule has 0 rings (SSSR count). The fraction of sp³-hybridized carbons (Fsp3) is 0.500. The number of halogens is 3. The molecule has 0 aliphatic rings. The molecule has 0 radical (unpaired) electrons. The third kappa shape index (κ3) is 3.27. The van der Waals surface area contributed by atoms with Crippen molar-refractivity contribution in [2.75, 3.05) is 0 Å². The van der Waals surface area contributed by atoms with E-state index in [0.29, 0.717) is 0 Å². The minimum atomic E-state index is -4.68. The van der Waals surface area contributed by atoms with Gasteiger partial charge in [0, 0.05) is 0 Å². The van der Waals surface area contributed by atoms with E-state index >= 15 is 0 Å². The Morgan fingerprint density at radius 1 is 1.17 bits per heavy atom. The van der Waals surface area contributed by atoms with Crippen molar-refractivity contribution in [1.82, 2.24) is 0 Å². The fourth-order valence-electron chi connectivity index (χ4n) is 0.513. The van der Waals surface area contributed by atoms with Crippen LogP contribution in [-0.4, -0.2) is 23.4 Å². The standard InChI is InChI=1S/C6H8F3N3/c1-3(12-4(2)10)5(11)6(7,8)9/h10-11H,1-2H3/b10-4?,11-5?,12-3-. The van der Waals surface area contributed by atoms with Crippen LogP contribution in [0, 0.1) is 10.8 Å². The highest BCUT2D eigenvalue weighted by atomic mass is 19.4. The molecule has 0 aromatic heterocycles. The van der Waals surface area contributed by atoms with Gasteiger partial charge in [-0.2, -0.15) is 13.2 Å². The Balaban J connectivity index is 4.63. The molecule has 0 aromatic rings. The first-order valence-electron chi connectivity index (χ1n) is 3.01. The first-order chi connectivity index (χ1) is 5.25. The lowest BCUT2D eigenvalue weighted by atomic mass is 10.2. The van der Waals surface area contributed by atoms with Crippen molar-refractivity contribution in [3.63, 3.8) is 0 Å². The van der Waals surface area contributed by atoms with Crippen LogP contribution in [0.4, 0.5) is 13.2 Å². The number of amidine groups is 1. The van der Waals surface area contributed by atoms with E-state index in [4.69, 9.17) is 10.8 Å². The number of nitrogens with one attached hydrogen (secondary N) is 2. The van der Waals surface area contributed by atoms with E-state index in [1.807, 2.05) is 0 Å². The molecule has 0 aliphatic carbocycles. The molecule has 6 heteroatoms. The highest BCUT2D eigenvalue weighted by molar-refractivity contribution is 6.43. The first kappa shape index (κ1) is 10.8. The SMILES string of the molecule is CC(=N)/N=C(/C)C(=N)C(F)(F)F. The molecule has 0 aromatic carbocycles. The Morgan fingerprint density at radius 2 is 1.58 bits per heavy atom. The van der Waals surface area contributed by atoms with Gasteiger partial charge in [0.25, 0.3) is 0 Å². The van der Waals surface area contributed by atoms with E-state index in [-0.39, 0.29) is 5.84 Å². The van der Waals surface area contributed by atoms with E-state index in [0.717, 1.165) is 6.92 Å². The Morgan fingerprint density at radius 3 is 1.83 bits per heavy atom. The second-order valence-electron chi connectivity index (χ2n) is 2.16. The largest absolute Gasteiger partial charge is 0.434 e. The molecule has 0 unspecified atom stereocenters. The predicted molar refractivity (Wildman–Crippen MR) is 40.3 cm³/mol. The van der Waals surface area contributed by atoms with Gasteiger partial charge >= 0.3 is 6.18 Å². The maximum Gasteiger partial charge on any atom is 0.434 e. The van der Waals surface area contributed by atoms with Crippen LogP contribution in [0.1, 0.15) is 13.8 Å². The van der Waals surface area contributed by atoms with Crippen molar-refractivity contribution in [2.24, 2.45) is 4.99 Å². The van der Waals surface area contributed by atoms with Crippen LogP contribution in [0.25, 0.3) is 0 Å². The summed E-state index contributed by atoms with van der Waals surface area (Å²) in [5, 5.41) is 13.4. The van der Waals surface area contributed by atoms with Crippen LogP contribution < -0.4 is 0 Å². The number of nitrogens with zero attached hydrogens (tertiary/aromatic N) is 1. The minimum Gasteiger partial charge on any atom is -0.295 e. The number of rotatable bonds is 1. The van der Waals surface area contributed by atoms with Gasteiger partial charge in [0.2, 0.25) is 0 Å². The Hall–Kier alpha value is -1.20. The van der Waals surface area contributed by atoms with Crippen molar-refractivity contribution >= 4 is 17.3 Å². The number of hydrogen-bond acceptors (Lipinski definition) is 2. The van der Waals surface area contributed by atoms with Crippen LogP contribution in [0.5, 0.6) is 0 Å². The van der Waals surface area contributed by atoms with Gasteiger partial charge in [-0.1, -0.05) is 0 Å². The average Bonchev–Trinajstić information content (AvgIpc) is 1.82. The fourth-order valence-corrected chi connectivity index (χ4v) is 0.513. The van der Waals surface area contributed by atoms with Crippen LogP contribution in [0.2, 0.25) is 0 Å². The normalized spacial score (nSPS) is 12.9. The molecule has 0 saturated carbocycles. The monoisotopic (exact) mass is 179 g/mol. The summed E-state index contributed by atoms with van der Waals surface area (Å²) in [5.74, 6) is -0.249. The number of aliphatic imine (C=N–C) groups is 1. The quantitative estimate of drug-likeness (QED) is 0.457. The molecule has 68 valence electrons. The highest BCUT2D eigenvalue weighted by Crippen LogP contribution is 2.16. The molecule has 0 fully saturated rings. The van der Waals surface area contributed by atoms with Crippen LogP contribution >= 0.6 is 0 Å². The smallest absolute Gasteiger partial charge is 0.295 e. The van der Waals surface area contributed by atoms with E-state index in [2.05, 4.69) is 4.99 Å². The zero-order valence-electron chi connectivity index (χ0n) is 6.58. The van der Waals surface area contributed by atoms with Gasteiger partial charge in [-0.15, -0.1) is 0 Å². The lowest BCUT2D eigenvalue weighted by molar-refractivity contribution is -0.0573. The second kappa shape index (κ2) is 3.46. The molecule has 2 N–H and O–H groups in total. The highest BCUT2D eigenvalue weighted by Gasteiger charge is 2.35. The van der Waals surface area contributed by atoms with Gasteiger partial charge in [-0.25, -0.2) is 4.99 Å². The summed E-state index contributed by atoms with van der Waals surface area (Å²) < 4.78 is 35.3. The Labute approximate surface area is 67.3 Å². The van der Waals surface area contributed by atoms with E-state index in [1.54, 1.807) is 0 Å². The summed E-state index contributed by atoms with van der Waals surface area (Å²) >= 11 is 0. The summed E-state index contributed by atoms with van der Waals surface area (Å²) in [5.41, 5.74) is -2.00. The van der Waals surface area contributed by atoms with Crippen molar-refractivity contribution in [1.29, 1.82) is 10.8 Å². The van der Waals surface area contributed by atoms with Gasteiger partial charge in [0.05, 0.1) is 5.71 Å². The molecule has 0 spiro atoms. The molecular formula is C6H8F3N3. The second-order valence-corrected chi connectivity index (χ2v) is 2.16. The third-order valence-electron chi connectivity index (χ3n) is 0.981. The molecule has 0 heterocycles. The Bertz CT molecular complexity index is 239. The molecule has 12 heavy (non-hydrogen) atoms. The van der Waals surface area contributed by atoms with Gasteiger partial charge in [-0.3, -0.25) is 10.8 Å². The molecule has 3 nitrogen and oxygen atoms in total. The lowest BCUT2D eigenvalue weighted by Crippen LogP contribution is -2.28. The van der Waals surface area contributed by atoms with Crippen molar-refractivity contribution in [3.8, 4) is 0 Å². The summed E-state index contributed by atoms with van der Waals surface area (Å²) in [6.45, 7) is 2.29. The van der Waals surface area contributed by atoms with Crippen molar-refractivity contribution in [3.05, 3.63) is 0 Å². The van der Waals surface area contributed by atoms with Crippen LogP contribution in [0.3, 0.4) is 0 Å². The Kier molecular flexibility index (Phi) is 3.12. The van der Waals surface area contributed by atoms with Gasteiger partial charge in [0.15, 0.2) is 5.71 Å². The van der Waals surface area contributed by atoms with Gasteiger partial charge in [0.1, 0.15) is 5.84 Å². The molecule has 0 aliphatic heterocycles. The van der Waals surface area contributed by atoms with Crippen molar-refractivity contribution in [2.45, 2.75) is 20.0 Å². The predicted octanol–water partition coefficient (Wildman–Crippen LogP) is 2.03. The van der Waals surface area contributed by atoms with Crippen LogP contribution in [0.15, 0.2) is 4.99 Å². The number of alkyl halides is 3. The van der Waals surface area contributed by atoms with Crippen molar-refractivity contribution < 1.29 is 13.2 Å². The zero-order valence-corrected chi connectivity index (χ0v) is 6.58. The molecule has 0 amide bonds. The lowest BCUT2D eigenvalue weighted by Gasteiger charge is -2.06. The maximum absolute atomic E-state index is 11.8. The summed E-state index contributed by atoms with van der Waals surface area (Å²) in [4.78, 5) is 3.20. The van der Waals surface area contributed by atoms with Gasteiger partial charge in [-0.05, 0) is 13.8 Å². The average molecular weight is 179 g/mol. The van der Waals surface area contributed by atoms with E-state index in [9.17, 15) is 13.2 Å². The molecular weight excluding hydrogens is 171 g/mol. The maximum atomic E-state index is 11.8. The first-order valence-corrected chi connectivity index (χ1v) is 3.01. The van der Waals surface area contributed by atoms with E-state index in [1.165, 1.54) is 6.92 Å². The third-order valence-corrected chi connectivity index (χ3v) is 0.981. The van der Waals surface area contributed by atoms with Crippen LogP contribution in [-0.2, 0) is 0 Å². The van der Waals surface area contributed by atoms with E-state index < -0.39 is 17.6 Å². The summed E-state index contributed by atoms with van der Waals surface area (Å²) in [6.07, 6.45) is -4.68. The number of hydrogen-bond donors (Lipinski definition) is 2. The minimum absolute atomic E-state index is 0.249.